The Kier molecular flexibility index (Phi) is 5.07. The second-order valence-corrected chi connectivity index (χ2v) is 5.18. The Hall–Kier alpha value is -1.75. The van der Waals surface area contributed by atoms with E-state index >= 15 is 0 Å². The van der Waals surface area contributed by atoms with E-state index in [-0.39, 0.29) is 18.5 Å². The van der Waals surface area contributed by atoms with E-state index in [1.165, 1.54) is 4.90 Å². The molecule has 1 aromatic carbocycles. The minimum Gasteiger partial charge on any atom is -0.447 e. The van der Waals surface area contributed by atoms with E-state index in [1.807, 2.05) is 32.0 Å². The summed E-state index contributed by atoms with van der Waals surface area (Å²) < 4.78 is 4.92. The molecule has 1 aromatic rings. The van der Waals surface area contributed by atoms with Crippen LogP contribution in [0, 0.1) is 6.92 Å². The van der Waals surface area contributed by atoms with Crippen molar-refractivity contribution in [2.24, 2.45) is 0 Å². The SMILES string of the molecule is CCc1cccc(C)c1N(CN1CCOC1=O)C(=O)CCl. The van der Waals surface area contributed by atoms with Crippen molar-refractivity contribution in [3.05, 3.63) is 29.3 Å². The standard InChI is InChI=1S/C15H19ClN2O3/c1-3-12-6-4-5-11(2)14(12)18(13(19)9-16)10-17-7-8-21-15(17)20/h4-6H,3,7-10H2,1-2H3. The number of halogens is 1. The number of carbonyl (C=O) groups excluding carboxylic acids is 2. The Morgan fingerprint density at radius 3 is 2.81 bits per heavy atom. The molecule has 1 heterocycles. The summed E-state index contributed by atoms with van der Waals surface area (Å²) >= 11 is 5.74. The van der Waals surface area contributed by atoms with Crippen molar-refractivity contribution >= 4 is 29.3 Å². The van der Waals surface area contributed by atoms with Crippen LogP contribution in [-0.4, -0.2) is 42.6 Å². The highest BCUT2D eigenvalue weighted by Gasteiger charge is 2.28. The average Bonchev–Trinajstić information content (AvgIpc) is 2.89. The first kappa shape index (κ1) is 15.6. The number of ether oxygens (including phenoxy) is 1. The third-order valence-corrected chi connectivity index (χ3v) is 3.77. The normalized spacial score (nSPS) is 14.2. The number of cyclic esters (lactones) is 1. The zero-order chi connectivity index (χ0) is 15.4. The van der Waals surface area contributed by atoms with Crippen LogP contribution in [0.2, 0.25) is 0 Å². The van der Waals surface area contributed by atoms with Crippen LogP contribution in [0.15, 0.2) is 18.2 Å². The van der Waals surface area contributed by atoms with Gasteiger partial charge in [0.2, 0.25) is 5.91 Å². The number of carbonyl (C=O) groups is 2. The Labute approximate surface area is 129 Å². The molecule has 1 aliphatic heterocycles. The molecular formula is C15H19ClN2O3. The Morgan fingerprint density at radius 1 is 1.48 bits per heavy atom. The van der Waals surface area contributed by atoms with Gasteiger partial charge in [0.1, 0.15) is 19.2 Å². The van der Waals surface area contributed by atoms with Gasteiger partial charge < -0.3 is 4.74 Å². The molecule has 0 spiro atoms. The molecular weight excluding hydrogens is 292 g/mol. The lowest BCUT2D eigenvalue weighted by Crippen LogP contribution is -2.43. The Morgan fingerprint density at radius 2 is 2.24 bits per heavy atom. The first-order valence-electron chi connectivity index (χ1n) is 6.95. The average molecular weight is 311 g/mol. The number of hydrogen-bond donors (Lipinski definition) is 0. The van der Waals surface area contributed by atoms with E-state index in [0.29, 0.717) is 13.2 Å². The fourth-order valence-electron chi connectivity index (χ4n) is 2.46. The maximum Gasteiger partial charge on any atom is 0.411 e. The van der Waals surface area contributed by atoms with Gasteiger partial charge in [-0.05, 0) is 24.5 Å². The second kappa shape index (κ2) is 6.80. The topological polar surface area (TPSA) is 49.9 Å². The van der Waals surface area contributed by atoms with Gasteiger partial charge in [0, 0.05) is 0 Å². The summed E-state index contributed by atoms with van der Waals surface area (Å²) in [6, 6.07) is 5.90. The molecule has 2 amide bonds. The largest absolute Gasteiger partial charge is 0.447 e. The van der Waals surface area contributed by atoms with Gasteiger partial charge in [0.15, 0.2) is 0 Å². The number of rotatable bonds is 5. The first-order valence-corrected chi connectivity index (χ1v) is 7.48. The highest BCUT2D eigenvalue weighted by Crippen LogP contribution is 2.27. The van der Waals surface area contributed by atoms with Gasteiger partial charge in [-0.2, -0.15) is 0 Å². The van der Waals surface area contributed by atoms with Crippen molar-refractivity contribution in [1.29, 1.82) is 0 Å². The van der Waals surface area contributed by atoms with E-state index in [0.717, 1.165) is 23.2 Å². The van der Waals surface area contributed by atoms with Crippen LogP contribution in [0.5, 0.6) is 0 Å². The van der Waals surface area contributed by atoms with Gasteiger partial charge in [-0.1, -0.05) is 25.1 Å². The summed E-state index contributed by atoms with van der Waals surface area (Å²) in [6.45, 7) is 4.99. The van der Waals surface area contributed by atoms with Gasteiger partial charge in [-0.3, -0.25) is 14.6 Å². The van der Waals surface area contributed by atoms with Crippen LogP contribution in [0.4, 0.5) is 10.5 Å². The minimum atomic E-state index is -0.394. The molecule has 0 bridgehead atoms. The summed E-state index contributed by atoms with van der Waals surface area (Å²) in [7, 11) is 0. The molecule has 0 aromatic heterocycles. The number of hydrogen-bond acceptors (Lipinski definition) is 3. The van der Waals surface area contributed by atoms with E-state index in [2.05, 4.69) is 0 Å². The molecule has 6 heteroatoms. The molecule has 1 fully saturated rings. The molecule has 0 atom stereocenters. The molecule has 5 nitrogen and oxygen atoms in total. The van der Waals surface area contributed by atoms with E-state index in [9.17, 15) is 9.59 Å². The maximum atomic E-state index is 12.2. The van der Waals surface area contributed by atoms with Crippen molar-refractivity contribution in [2.45, 2.75) is 20.3 Å². The molecule has 1 aliphatic rings. The van der Waals surface area contributed by atoms with Crippen LogP contribution in [0.1, 0.15) is 18.1 Å². The van der Waals surface area contributed by atoms with Crippen molar-refractivity contribution in [1.82, 2.24) is 4.90 Å². The van der Waals surface area contributed by atoms with E-state index in [4.69, 9.17) is 16.3 Å². The monoisotopic (exact) mass is 310 g/mol. The predicted octanol–water partition coefficient (Wildman–Crippen LogP) is 2.54. The quantitative estimate of drug-likeness (QED) is 0.785. The molecule has 0 unspecified atom stereocenters. The van der Waals surface area contributed by atoms with Crippen molar-refractivity contribution in [2.75, 3.05) is 30.6 Å². The maximum absolute atomic E-state index is 12.2. The first-order chi connectivity index (χ1) is 10.1. The molecule has 2 rings (SSSR count). The molecule has 21 heavy (non-hydrogen) atoms. The summed E-state index contributed by atoms with van der Waals surface area (Å²) in [5.74, 6) is -0.347. The fraction of sp³-hybridized carbons (Fsp3) is 0.467. The predicted molar refractivity (Wildman–Crippen MR) is 81.7 cm³/mol. The summed E-state index contributed by atoms with van der Waals surface area (Å²) in [4.78, 5) is 27.0. The third kappa shape index (κ3) is 3.29. The number of nitrogens with zero attached hydrogens (tertiary/aromatic N) is 2. The second-order valence-electron chi connectivity index (χ2n) is 4.91. The molecule has 0 radical (unpaired) electrons. The summed E-state index contributed by atoms with van der Waals surface area (Å²) in [5.41, 5.74) is 2.88. The zero-order valence-corrected chi connectivity index (χ0v) is 13.0. The zero-order valence-electron chi connectivity index (χ0n) is 12.3. The molecule has 0 saturated carbocycles. The van der Waals surface area contributed by atoms with Gasteiger partial charge in [0.05, 0.1) is 12.2 Å². The lowest BCUT2D eigenvalue weighted by atomic mass is 10.0. The highest BCUT2D eigenvalue weighted by molar-refractivity contribution is 6.29. The van der Waals surface area contributed by atoms with Crippen LogP contribution >= 0.6 is 11.6 Å². The minimum absolute atomic E-state index is 0.125. The Bertz CT molecular complexity index is 548. The number of benzene rings is 1. The lowest BCUT2D eigenvalue weighted by Gasteiger charge is -2.29. The molecule has 0 aliphatic carbocycles. The number of anilines is 1. The smallest absolute Gasteiger partial charge is 0.411 e. The number of para-hydroxylation sites is 1. The highest BCUT2D eigenvalue weighted by atomic mass is 35.5. The number of amides is 2. The van der Waals surface area contributed by atoms with Crippen LogP contribution in [-0.2, 0) is 16.0 Å². The summed E-state index contributed by atoms with van der Waals surface area (Å²) in [6.07, 6.45) is 0.405. The van der Waals surface area contributed by atoms with Crippen LogP contribution in [0.25, 0.3) is 0 Å². The number of aryl methyl sites for hydroxylation is 2. The third-order valence-electron chi connectivity index (χ3n) is 3.54. The van der Waals surface area contributed by atoms with E-state index < -0.39 is 6.09 Å². The Balaban J connectivity index is 2.36. The van der Waals surface area contributed by atoms with Crippen LogP contribution in [0.3, 0.4) is 0 Å². The molecule has 0 N–H and O–H groups in total. The van der Waals surface area contributed by atoms with Crippen molar-refractivity contribution < 1.29 is 14.3 Å². The van der Waals surface area contributed by atoms with Crippen LogP contribution < -0.4 is 4.90 Å². The van der Waals surface area contributed by atoms with Crippen molar-refractivity contribution in [3.8, 4) is 0 Å². The van der Waals surface area contributed by atoms with E-state index in [1.54, 1.807) is 4.90 Å². The summed E-state index contributed by atoms with van der Waals surface area (Å²) in [5, 5.41) is 0. The van der Waals surface area contributed by atoms with Gasteiger partial charge >= 0.3 is 6.09 Å². The van der Waals surface area contributed by atoms with Gasteiger partial charge in [0.25, 0.3) is 0 Å². The van der Waals surface area contributed by atoms with Gasteiger partial charge in [-0.25, -0.2) is 4.79 Å². The van der Waals surface area contributed by atoms with Gasteiger partial charge in [-0.15, -0.1) is 11.6 Å². The fourth-order valence-corrected chi connectivity index (χ4v) is 2.61. The lowest BCUT2D eigenvalue weighted by molar-refractivity contribution is -0.116. The number of alkyl halides is 1. The van der Waals surface area contributed by atoms with Crippen molar-refractivity contribution in [3.63, 3.8) is 0 Å². The molecule has 114 valence electrons. The molecule has 1 saturated heterocycles.